The van der Waals surface area contributed by atoms with Crippen molar-refractivity contribution in [2.75, 3.05) is 24.6 Å². The number of nitrogens with two attached hydrogens (primary N) is 1. The van der Waals surface area contributed by atoms with Gasteiger partial charge in [-0.05, 0) is 13.8 Å². The van der Waals surface area contributed by atoms with Crippen LogP contribution in [0, 0.1) is 17.0 Å². The topological polar surface area (TPSA) is 94.5 Å². The van der Waals surface area contributed by atoms with Crippen LogP contribution in [0.2, 0.25) is 0 Å². The van der Waals surface area contributed by atoms with Crippen LogP contribution in [-0.4, -0.2) is 41.7 Å². The number of nitrogens with zero attached hydrogens (tertiary/aromatic N) is 3. The molecule has 0 bridgehead atoms. The summed E-state index contributed by atoms with van der Waals surface area (Å²) in [5, 5.41) is 10.9. The zero-order valence-corrected chi connectivity index (χ0v) is 11.1. The number of pyridine rings is 1. The quantitative estimate of drug-likeness (QED) is 0.643. The Hall–Kier alpha value is -1.73. The van der Waals surface area contributed by atoms with E-state index in [1.807, 2.05) is 11.8 Å². The minimum atomic E-state index is -0.385. The highest BCUT2D eigenvalue weighted by molar-refractivity contribution is 5.51. The van der Waals surface area contributed by atoms with Gasteiger partial charge in [0.05, 0.1) is 23.7 Å². The molecule has 0 saturated carbocycles. The second-order valence-corrected chi connectivity index (χ2v) is 4.80. The van der Waals surface area contributed by atoms with E-state index in [1.165, 1.54) is 12.3 Å². The maximum absolute atomic E-state index is 10.9. The second kappa shape index (κ2) is 5.50. The van der Waals surface area contributed by atoms with Crippen LogP contribution < -0.4 is 10.6 Å². The summed E-state index contributed by atoms with van der Waals surface area (Å²) >= 11 is 0. The lowest BCUT2D eigenvalue weighted by Crippen LogP contribution is -2.49. The molecule has 1 fully saturated rings. The van der Waals surface area contributed by atoms with E-state index in [4.69, 9.17) is 10.5 Å². The molecule has 2 rings (SSSR count). The highest BCUT2D eigenvalue weighted by atomic mass is 16.6. The lowest BCUT2D eigenvalue weighted by atomic mass is 10.1. The van der Waals surface area contributed by atoms with Crippen LogP contribution in [0.1, 0.15) is 12.5 Å². The third-order valence-corrected chi connectivity index (χ3v) is 3.26. The van der Waals surface area contributed by atoms with Gasteiger partial charge < -0.3 is 15.4 Å². The lowest BCUT2D eigenvalue weighted by Gasteiger charge is -2.35. The molecule has 0 amide bonds. The fourth-order valence-corrected chi connectivity index (χ4v) is 2.07. The second-order valence-electron chi connectivity index (χ2n) is 4.80. The minimum absolute atomic E-state index is 0.0732. The number of aromatic nitrogens is 1. The van der Waals surface area contributed by atoms with Gasteiger partial charge in [0, 0.05) is 30.9 Å². The molecule has 0 aliphatic carbocycles. The first-order chi connectivity index (χ1) is 8.99. The number of aryl methyl sites for hydroxylation is 1. The third kappa shape index (κ3) is 2.99. The summed E-state index contributed by atoms with van der Waals surface area (Å²) in [4.78, 5) is 16.8. The van der Waals surface area contributed by atoms with Gasteiger partial charge in [-0.25, -0.2) is 4.98 Å². The number of ether oxygens (including phenoxy) is 1. The molecule has 1 aliphatic heterocycles. The van der Waals surface area contributed by atoms with Gasteiger partial charge in [0.1, 0.15) is 5.82 Å². The first kappa shape index (κ1) is 13.7. The smallest absolute Gasteiger partial charge is 0.277 e. The van der Waals surface area contributed by atoms with Crippen molar-refractivity contribution in [2.45, 2.75) is 26.0 Å². The van der Waals surface area contributed by atoms with E-state index in [9.17, 15) is 10.1 Å². The monoisotopic (exact) mass is 266 g/mol. The molecule has 2 N–H and O–H groups in total. The Morgan fingerprint density at radius 1 is 1.68 bits per heavy atom. The van der Waals surface area contributed by atoms with E-state index in [0.29, 0.717) is 31.1 Å². The van der Waals surface area contributed by atoms with Crippen LogP contribution in [0.3, 0.4) is 0 Å². The predicted molar refractivity (Wildman–Crippen MR) is 71.2 cm³/mol. The number of anilines is 1. The third-order valence-electron chi connectivity index (χ3n) is 3.26. The van der Waals surface area contributed by atoms with Gasteiger partial charge in [0.15, 0.2) is 0 Å². The van der Waals surface area contributed by atoms with Gasteiger partial charge in [-0.15, -0.1) is 0 Å². The van der Waals surface area contributed by atoms with Crippen molar-refractivity contribution in [3.63, 3.8) is 0 Å². The highest BCUT2D eigenvalue weighted by Crippen LogP contribution is 2.24. The molecule has 1 aromatic rings. The molecular formula is C12H18N4O3. The molecule has 2 atom stereocenters. The maximum Gasteiger partial charge on any atom is 0.277 e. The van der Waals surface area contributed by atoms with Crippen LogP contribution >= 0.6 is 0 Å². The number of nitro groups is 1. The van der Waals surface area contributed by atoms with Crippen molar-refractivity contribution in [1.82, 2.24) is 4.98 Å². The summed E-state index contributed by atoms with van der Waals surface area (Å²) < 4.78 is 5.56. The minimum Gasteiger partial charge on any atom is -0.373 e. The molecule has 19 heavy (non-hydrogen) atoms. The van der Waals surface area contributed by atoms with Crippen molar-refractivity contribution >= 4 is 11.5 Å². The Bertz CT molecular complexity index is 478. The normalized spacial score (nSPS) is 21.2. The van der Waals surface area contributed by atoms with Gasteiger partial charge in [0.2, 0.25) is 0 Å². The Balaban J connectivity index is 2.22. The average molecular weight is 266 g/mol. The summed E-state index contributed by atoms with van der Waals surface area (Å²) in [6, 6.07) is 1.43. The van der Waals surface area contributed by atoms with Crippen LogP contribution in [0.4, 0.5) is 11.5 Å². The average Bonchev–Trinajstić information content (AvgIpc) is 2.39. The molecular weight excluding hydrogens is 248 g/mol. The zero-order valence-electron chi connectivity index (χ0n) is 11.1. The Kier molecular flexibility index (Phi) is 3.96. The molecule has 1 saturated heterocycles. The van der Waals surface area contributed by atoms with Crippen LogP contribution in [0.15, 0.2) is 12.3 Å². The van der Waals surface area contributed by atoms with E-state index in [1.54, 1.807) is 6.92 Å². The lowest BCUT2D eigenvalue weighted by molar-refractivity contribution is -0.385. The van der Waals surface area contributed by atoms with Gasteiger partial charge in [-0.1, -0.05) is 0 Å². The Morgan fingerprint density at radius 3 is 3.05 bits per heavy atom. The van der Waals surface area contributed by atoms with Crippen molar-refractivity contribution in [3.05, 3.63) is 27.9 Å². The van der Waals surface area contributed by atoms with Gasteiger partial charge >= 0.3 is 0 Å². The van der Waals surface area contributed by atoms with Crippen LogP contribution in [0.25, 0.3) is 0 Å². The van der Waals surface area contributed by atoms with E-state index < -0.39 is 0 Å². The van der Waals surface area contributed by atoms with Crippen LogP contribution in [-0.2, 0) is 4.74 Å². The molecule has 1 aromatic heterocycles. The molecule has 0 aromatic carbocycles. The van der Waals surface area contributed by atoms with Crippen molar-refractivity contribution in [3.8, 4) is 0 Å². The summed E-state index contributed by atoms with van der Waals surface area (Å²) in [7, 11) is 0. The van der Waals surface area contributed by atoms with Crippen molar-refractivity contribution < 1.29 is 9.66 Å². The molecule has 2 heterocycles. The number of hydrogen-bond donors (Lipinski definition) is 1. The van der Waals surface area contributed by atoms with Gasteiger partial charge in [-0.3, -0.25) is 10.1 Å². The summed E-state index contributed by atoms with van der Waals surface area (Å²) in [5.74, 6) is 0.603. The van der Waals surface area contributed by atoms with E-state index in [-0.39, 0.29) is 22.8 Å². The van der Waals surface area contributed by atoms with Gasteiger partial charge in [-0.2, -0.15) is 0 Å². The Labute approximate surface area is 111 Å². The fraction of sp³-hybridized carbons (Fsp3) is 0.583. The van der Waals surface area contributed by atoms with Crippen molar-refractivity contribution in [2.24, 2.45) is 5.73 Å². The van der Waals surface area contributed by atoms with E-state index in [0.717, 1.165) is 0 Å². The summed E-state index contributed by atoms with van der Waals surface area (Å²) in [6.45, 7) is 5.38. The SMILES string of the molecule is Cc1cnc(N2CCOC(C(C)N)C2)cc1[N+](=O)[O-]. The molecule has 1 aliphatic rings. The maximum atomic E-state index is 10.9. The summed E-state index contributed by atoms with van der Waals surface area (Å²) in [5.41, 5.74) is 6.48. The Morgan fingerprint density at radius 2 is 2.42 bits per heavy atom. The number of morpholine rings is 1. The fourth-order valence-electron chi connectivity index (χ4n) is 2.07. The van der Waals surface area contributed by atoms with Crippen molar-refractivity contribution in [1.29, 1.82) is 0 Å². The van der Waals surface area contributed by atoms with E-state index in [2.05, 4.69) is 4.98 Å². The van der Waals surface area contributed by atoms with Crippen LogP contribution in [0.5, 0.6) is 0 Å². The predicted octanol–water partition coefficient (Wildman–Crippen LogP) is 0.851. The van der Waals surface area contributed by atoms with E-state index >= 15 is 0 Å². The first-order valence-electron chi connectivity index (χ1n) is 6.22. The molecule has 104 valence electrons. The molecule has 0 spiro atoms. The largest absolute Gasteiger partial charge is 0.373 e. The highest BCUT2D eigenvalue weighted by Gasteiger charge is 2.25. The zero-order chi connectivity index (χ0) is 14.0. The molecule has 7 heteroatoms. The number of hydrogen-bond acceptors (Lipinski definition) is 6. The summed E-state index contributed by atoms with van der Waals surface area (Å²) in [6.07, 6.45) is 1.46. The first-order valence-corrected chi connectivity index (χ1v) is 6.22. The van der Waals surface area contributed by atoms with Gasteiger partial charge in [0.25, 0.3) is 5.69 Å². The molecule has 0 radical (unpaired) electrons. The molecule has 2 unspecified atom stereocenters. The standard InChI is InChI=1S/C12H18N4O3/c1-8-6-14-12(5-10(8)16(17)18)15-3-4-19-11(7-15)9(2)13/h5-6,9,11H,3-4,7,13H2,1-2H3. The molecule has 7 nitrogen and oxygen atoms in total. The number of rotatable bonds is 3.